The minimum absolute atomic E-state index is 0.0851. The maximum absolute atomic E-state index is 2.69. The number of hydrogen-bond donors (Lipinski definition) is 0. The van der Waals surface area contributed by atoms with Crippen molar-refractivity contribution in [1.82, 2.24) is 0 Å². The summed E-state index contributed by atoms with van der Waals surface area (Å²) in [7, 11) is -1.44. The molecule has 0 fully saturated rings. The van der Waals surface area contributed by atoms with Gasteiger partial charge in [-0.15, -0.1) is 0 Å². The third kappa shape index (κ3) is 7.88. The molecular formula is C26H52P2Si. The molecule has 170 valence electrons. The second-order valence-corrected chi connectivity index (χ2v) is 26.9. The van der Waals surface area contributed by atoms with Crippen LogP contribution in [-0.4, -0.2) is 41.0 Å². The summed E-state index contributed by atoms with van der Waals surface area (Å²) in [5.41, 5.74) is 3.54. The number of hydrogen-bond acceptors (Lipinski definition) is 0. The molecule has 0 spiro atoms. The van der Waals surface area contributed by atoms with Crippen molar-refractivity contribution in [3.05, 3.63) is 22.4 Å². The first kappa shape index (κ1) is 27.6. The van der Waals surface area contributed by atoms with Crippen molar-refractivity contribution in [2.75, 3.05) is 12.3 Å². The summed E-state index contributed by atoms with van der Waals surface area (Å²) in [6, 6.07) is 0. The van der Waals surface area contributed by atoms with Gasteiger partial charge in [-0.1, -0.05) is 135 Å². The Balaban J connectivity index is 3.42. The molecule has 3 heteroatoms. The Morgan fingerprint density at radius 3 is 1.31 bits per heavy atom. The highest BCUT2D eigenvalue weighted by Crippen LogP contribution is 2.63. The number of rotatable bonds is 5. The second kappa shape index (κ2) is 8.83. The normalized spacial score (nSPS) is 17.6. The van der Waals surface area contributed by atoms with Crippen LogP contribution < -0.4 is 0 Å². The van der Waals surface area contributed by atoms with Gasteiger partial charge in [0, 0.05) is 0 Å². The van der Waals surface area contributed by atoms with Gasteiger partial charge in [0.05, 0.1) is 8.07 Å². The number of allylic oxidation sites excluding steroid dienone is 4. The van der Waals surface area contributed by atoms with Gasteiger partial charge in [-0.2, -0.15) is 0 Å². The van der Waals surface area contributed by atoms with Crippen LogP contribution in [0, 0.1) is 0 Å². The van der Waals surface area contributed by atoms with Gasteiger partial charge in [-0.3, -0.25) is 0 Å². The Morgan fingerprint density at radius 1 is 0.655 bits per heavy atom. The third-order valence-corrected chi connectivity index (χ3v) is 16.2. The Labute approximate surface area is 188 Å². The smallest absolute Gasteiger partial charge is 0.0728 e. The fourth-order valence-corrected chi connectivity index (χ4v) is 13.5. The highest BCUT2D eigenvalue weighted by atomic mass is 31.1. The molecule has 0 aromatic rings. The van der Waals surface area contributed by atoms with Gasteiger partial charge in [0.25, 0.3) is 0 Å². The predicted molar refractivity (Wildman–Crippen MR) is 146 cm³/mol. The first-order valence-electron chi connectivity index (χ1n) is 11.5. The van der Waals surface area contributed by atoms with Gasteiger partial charge in [0.15, 0.2) is 0 Å². The van der Waals surface area contributed by atoms with E-state index in [1.807, 2.05) is 0 Å². The van der Waals surface area contributed by atoms with Gasteiger partial charge >= 0.3 is 0 Å². The molecular weight excluding hydrogens is 402 g/mol. The lowest BCUT2D eigenvalue weighted by Crippen LogP contribution is -2.28. The van der Waals surface area contributed by atoms with Crippen molar-refractivity contribution in [3.63, 3.8) is 0 Å². The van der Waals surface area contributed by atoms with E-state index in [1.165, 1.54) is 18.7 Å². The van der Waals surface area contributed by atoms with Crippen molar-refractivity contribution in [3.8, 4) is 0 Å². The molecule has 1 rings (SSSR count). The van der Waals surface area contributed by atoms with Crippen LogP contribution in [0.4, 0.5) is 0 Å². The largest absolute Gasteiger partial charge is 0.0915 e. The molecule has 0 saturated heterocycles. The first-order valence-corrected chi connectivity index (χ1v) is 18.1. The van der Waals surface area contributed by atoms with Gasteiger partial charge in [0.1, 0.15) is 0 Å². The van der Waals surface area contributed by atoms with Crippen LogP contribution in [0.5, 0.6) is 0 Å². The van der Waals surface area contributed by atoms with Crippen LogP contribution in [0.2, 0.25) is 19.6 Å². The van der Waals surface area contributed by atoms with E-state index >= 15 is 0 Å². The van der Waals surface area contributed by atoms with E-state index in [0.29, 0.717) is 20.6 Å². The van der Waals surface area contributed by atoms with Gasteiger partial charge in [-0.25, -0.2) is 0 Å². The van der Waals surface area contributed by atoms with Crippen LogP contribution in [0.1, 0.15) is 89.5 Å². The second-order valence-electron chi connectivity index (χ2n) is 14.1. The molecule has 0 aliphatic heterocycles. The molecule has 0 atom stereocenters. The fraction of sp³-hybridized carbons (Fsp3) is 0.846. The van der Waals surface area contributed by atoms with Crippen molar-refractivity contribution in [2.24, 2.45) is 0 Å². The molecule has 0 unspecified atom stereocenters. The summed E-state index contributed by atoms with van der Waals surface area (Å²) in [4.78, 5) is 0. The highest BCUT2D eigenvalue weighted by molar-refractivity contribution is 7.61. The molecule has 0 heterocycles. The summed E-state index contributed by atoms with van der Waals surface area (Å²) < 4.78 is 0. The summed E-state index contributed by atoms with van der Waals surface area (Å²) in [6.07, 6.45) is 6.60. The molecule has 0 radical (unpaired) electrons. The van der Waals surface area contributed by atoms with Crippen molar-refractivity contribution >= 4 is 23.9 Å². The predicted octanol–water partition coefficient (Wildman–Crippen LogP) is 9.65. The lowest BCUT2D eigenvalue weighted by molar-refractivity contribution is 0.703. The van der Waals surface area contributed by atoms with Crippen molar-refractivity contribution < 1.29 is 0 Å². The Hall–Kier alpha value is 0.557. The van der Waals surface area contributed by atoms with E-state index < -0.39 is 8.07 Å². The average molecular weight is 455 g/mol. The van der Waals surface area contributed by atoms with Crippen LogP contribution in [0.3, 0.4) is 0 Å². The van der Waals surface area contributed by atoms with E-state index in [2.05, 4.69) is 109 Å². The zero-order valence-corrected chi connectivity index (χ0v) is 25.4. The van der Waals surface area contributed by atoms with Gasteiger partial charge in [-0.05, 0) is 44.9 Å². The summed E-state index contributed by atoms with van der Waals surface area (Å²) in [5.74, 6) is 0. The third-order valence-electron chi connectivity index (χ3n) is 6.09. The van der Waals surface area contributed by atoms with E-state index in [1.54, 1.807) is 16.3 Å². The maximum atomic E-state index is 2.69. The summed E-state index contributed by atoms with van der Waals surface area (Å²) in [5, 5.41) is 3.36. The molecule has 0 N–H and O–H groups in total. The highest BCUT2D eigenvalue weighted by Gasteiger charge is 2.39. The first-order chi connectivity index (χ1) is 12.5. The molecule has 0 nitrogen and oxygen atoms in total. The molecule has 0 amide bonds. The minimum Gasteiger partial charge on any atom is -0.0915 e. The Bertz CT molecular complexity index is 607. The molecule has 0 saturated carbocycles. The standard InChI is InChI=1S/C26H52P2Si/c1-23(2,3)27(24(4,5)6)18-20-16-22(29(13,14)15)17-21(20)19-28(25(7,8)9)26(10,11)12/h16H,17-19H2,1-15H3. The summed E-state index contributed by atoms with van der Waals surface area (Å²) >= 11 is 0. The fourth-order valence-electron chi connectivity index (χ4n) is 4.83. The quantitative estimate of drug-likeness (QED) is 0.286. The van der Waals surface area contributed by atoms with Crippen LogP contribution in [-0.2, 0) is 0 Å². The Morgan fingerprint density at radius 2 is 1.00 bits per heavy atom. The van der Waals surface area contributed by atoms with Crippen LogP contribution in [0.25, 0.3) is 0 Å². The monoisotopic (exact) mass is 454 g/mol. The lowest BCUT2D eigenvalue weighted by atomic mass is 10.2. The molecule has 0 aromatic heterocycles. The van der Waals surface area contributed by atoms with E-state index in [-0.39, 0.29) is 15.8 Å². The molecule has 1 aliphatic carbocycles. The van der Waals surface area contributed by atoms with Gasteiger partial charge < -0.3 is 0 Å². The van der Waals surface area contributed by atoms with E-state index in [9.17, 15) is 0 Å². The molecule has 1 aliphatic rings. The zero-order valence-electron chi connectivity index (χ0n) is 22.6. The van der Waals surface area contributed by atoms with Gasteiger partial charge in [0.2, 0.25) is 0 Å². The topological polar surface area (TPSA) is 0 Å². The van der Waals surface area contributed by atoms with Crippen LogP contribution in [0.15, 0.2) is 22.4 Å². The van der Waals surface area contributed by atoms with E-state index in [4.69, 9.17) is 0 Å². The van der Waals surface area contributed by atoms with Crippen molar-refractivity contribution in [1.29, 1.82) is 0 Å². The SMILES string of the molecule is CC(C)(C)P(CC1=C(CP(C(C)(C)C)C(C)(C)C)CC([Si](C)(C)C)=C1)C(C)(C)C. The molecule has 29 heavy (non-hydrogen) atoms. The minimum atomic E-state index is -1.26. The maximum Gasteiger partial charge on any atom is 0.0728 e. The lowest BCUT2D eigenvalue weighted by Gasteiger charge is -2.43. The molecule has 0 bridgehead atoms. The van der Waals surface area contributed by atoms with Crippen LogP contribution >= 0.6 is 15.8 Å². The van der Waals surface area contributed by atoms with E-state index in [0.717, 1.165) is 0 Å². The Kier molecular flexibility index (Phi) is 8.40. The average Bonchev–Trinajstić information content (AvgIpc) is 2.80. The zero-order chi connectivity index (χ0) is 23.2. The van der Waals surface area contributed by atoms with Crippen molar-refractivity contribution in [2.45, 2.75) is 130 Å². The molecule has 0 aromatic carbocycles. The summed E-state index contributed by atoms with van der Waals surface area (Å²) in [6.45, 7) is 37.3.